The molecule has 16 nitrogen and oxygen atoms in total. The van der Waals surface area contributed by atoms with E-state index in [1.807, 2.05) is 13.8 Å². The fourth-order valence-electron chi connectivity index (χ4n) is 8.04. The van der Waals surface area contributed by atoms with E-state index in [4.69, 9.17) is 28.4 Å². The average Bonchev–Trinajstić information content (AvgIpc) is 3.67. The molecule has 4 aliphatic rings. The summed E-state index contributed by atoms with van der Waals surface area (Å²) in [6, 6.07) is 4.46. The van der Waals surface area contributed by atoms with Gasteiger partial charge >= 0.3 is 12.2 Å². The number of unbranched alkanes of at least 4 members (excludes halogenated alkanes) is 2. The van der Waals surface area contributed by atoms with Gasteiger partial charge in [-0.05, 0) is 91.2 Å². The summed E-state index contributed by atoms with van der Waals surface area (Å²) in [5.41, 5.74) is -0.871. The Hall–Kier alpha value is -5.51. The minimum absolute atomic E-state index is 0.0654. The molecule has 1 N–H and O–H groups in total. The lowest BCUT2D eigenvalue weighted by Crippen LogP contribution is -2.51. The number of carbonyl (C=O) groups excluding carboxylic acids is 5. The van der Waals surface area contributed by atoms with Crippen LogP contribution in [-0.2, 0) is 14.3 Å². The lowest BCUT2D eigenvalue weighted by atomic mass is 9.90. The third-order valence-electron chi connectivity index (χ3n) is 10.6. The van der Waals surface area contributed by atoms with Gasteiger partial charge in [-0.1, -0.05) is 26.0 Å². The first-order valence-corrected chi connectivity index (χ1v) is 20.3. The average molecular weight is 835 g/mol. The molecule has 60 heavy (non-hydrogen) atoms. The number of aliphatic hydroxyl groups is 1. The number of carbonyl (C=O) groups is 5. The Balaban J connectivity index is 1.15. The first-order chi connectivity index (χ1) is 28.0. The summed E-state index contributed by atoms with van der Waals surface area (Å²) in [6.07, 6.45) is -0.607. The molecule has 16 heteroatoms. The Morgan fingerprint density at radius 2 is 1.28 bits per heavy atom. The highest BCUT2D eigenvalue weighted by Crippen LogP contribution is 2.45. The molecule has 0 saturated carbocycles. The van der Waals surface area contributed by atoms with Gasteiger partial charge in [-0.3, -0.25) is 14.4 Å². The van der Waals surface area contributed by atoms with Crippen LogP contribution in [0, 0.1) is 5.41 Å². The van der Waals surface area contributed by atoms with Gasteiger partial charge < -0.3 is 43.3 Å². The normalized spacial score (nSPS) is 21.1. The number of amides is 5. The van der Waals surface area contributed by atoms with Crippen molar-refractivity contribution in [2.24, 2.45) is 5.41 Å². The van der Waals surface area contributed by atoms with Crippen LogP contribution in [0.3, 0.4) is 0 Å². The van der Waals surface area contributed by atoms with Crippen molar-refractivity contribution in [3.05, 3.63) is 47.5 Å². The Morgan fingerprint density at radius 3 is 1.83 bits per heavy atom. The zero-order chi connectivity index (χ0) is 44.1. The number of benzene rings is 2. The van der Waals surface area contributed by atoms with Crippen LogP contribution in [0.15, 0.2) is 36.4 Å². The van der Waals surface area contributed by atoms with E-state index in [0.29, 0.717) is 38.6 Å². The second-order valence-electron chi connectivity index (χ2n) is 18.5. The molecule has 2 fully saturated rings. The van der Waals surface area contributed by atoms with Crippen molar-refractivity contribution in [3.63, 3.8) is 0 Å². The van der Waals surface area contributed by atoms with Crippen LogP contribution < -0.4 is 28.7 Å². The number of imide groups is 1. The molecule has 0 spiro atoms. The Bertz CT molecular complexity index is 2070. The number of aliphatic hydroxyl groups excluding tert-OH is 1. The van der Waals surface area contributed by atoms with Gasteiger partial charge in [0.2, 0.25) is 0 Å². The summed E-state index contributed by atoms with van der Waals surface area (Å²) in [5, 5.41) is 11.6. The van der Waals surface area contributed by atoms with E-state index in [9.17, 15) is 29.1 Å². The lowest BCUT2D eigenvalue weighted by molar-refractivity contribution is -0.121. The first-order valence-electron chi connectivity index (χ1n) is 20.3. The highest BCUT2D eigenvalue weighted by atomic mass is 16.6. The number of hydrogen-bond acceptors (Lipinski definition) is 12. The van der Waals surface area contributed by atoms with Gasteiger partial charge in [0, 0.05) is 25.2 Å². The van der Waals surface area contributed by atoms with Crippen molar-refractivity contribution in [3.8, 4) is 23.0 Å². The van der Waals surface area contributed by atoms with Gasteiger partial charge in [0.1, 0.15) is 17.2 Å². The molecule has 3 atom stereocenters. The zero-order valence-corrected chi connectivity index (χ0v) is 36.3. The maximum atomic E-state index is 14.1. The molecule has 0 unspecified atom stereocenters. The Morgan fingerprint density at radius 1 is 0.767 bits per heavy atom. The smallest absolute Gasteiger partial charge is 0.421 e. The number of fused-ring (bicyclic) bond motifs is 4. The molecule has 6 rings (SSSR count). The van der Waals surface area contributed by atoms with Crippen LogP contribution in [0.4, 0.5) is 21.0 Å². The van der Waals surface area contributed by atoms with Crippen LogP contribution >= 0.6 is 0 Å². The van der Waals surface area contributed by atoms with Gasteiger partial charge in [0.15, 0.2) is 29.2 Å². The Labute approximate surface area is 351 Å². The quantitative estimate of drug-likeness (QED) is 0.199. The highest BCUT2D eigenvalue weighted by molar-refractivity contribution is 6.21. The molecule has 0 bridgehead atoms. The molecule has 5 amide bonds. The standard InChI is InChI=1S/C44H58N4O12/c1-25-17-30-38(51)47(40(53)59-42(2,3)4)28-20-34(32(55-10)18-26(28)36(49)45(30)23-25)57-15-13-12-14-16-58-35-21-29-27(19-33(35)56-11)37(50)46-24-44(8,9)22-31(46)39(52)48(29)41(54)60-43(5,6)7/h18-21,30-31,38,51H,1,12-17,22-24H2,2-11H3/t30-,31-,38-/m0/s1. The number of hydrogen-bond donors (Lipinski definition) is 1. The minimum Gasteiger partial charge on any atom is -0.493 e. The van der Waals surface area contributed by atoms with Crippen LogP contribution in [0.5, 0.6) is 23.0 Å². The predicted octanol–water partition coefficient (Wildman–Crippen LogP) is 6.70. The summed E-state index contributed by atoms with van der Waals surface area (Å²) >= 11 is 0. The van der Waals surface area contributed by atoms with Gasteiger partial charge in [0.25, 0.3) is 17.7 Å². The van der Waals surface area contributed by atoms with Crippen LogP contribution in [0.2, 0.25) is 0 Å². The van der Waals surface area contributed by atoms with Gasteiger partial charge in [0.05, 0.1) is 56.0 Å². The Kier molecular flexibility index (Phi) is 12.1. The van der Waals surface area contributed by atoms with E-state index < -0.39 is 47.6 Å². The fourth-order valence-corrected chi connectivity index (χ4v) is 8.04. The first kappa shape index (κ1) is 44.1. The van der Waals surface area contributed by atoms with E-state index >= 15 is 0 Å². The van der Waals surface area contributed by atoms with E-state index in [2.05, 4.69) is 6.58 Å². The van der Waals surface area contributed by atoms with Gasteiger partial charge in [-0.25, -0.2) is 19.4 Å². The fraction of sp³-hybridized carbons (Fsp3) is 0.568. The molecule has 2 aromatic rings. The second kappa shape index (κ2) is 16.5. The van der Waals surface area contributed by atoms with Crippen molar-refractivity contribution >= 4 is 41.3 Å². The molecule has 4 heterocycles. The molecule has 0 aromatic heterocycles. The summed E-state index contributed by atoms with van der Waals surface area (Å²) in [7, 11) is 2.90. The number of nitrogens with zero attached hydrogens (tertiary/aromatic N) is 4. The molecular weight excluding hydrogens is 776 g/mol. The molecule has 2 aromatic carbocycles. The second-order valence-corrected chi connectivity index (χ2v) is 18.5. The van der Waals surface area contributed by atoms with E-state index in [0.717, 1.165) is 15.4 Å². The van der Waals surface area contributed by atoms with Crippen LogP contribution in [0.1, 0.15) is 108 Å². The molecular formula is C44H58N4O12. The third kappa shape index (κ3) is 8.98. The topological polar surface area (TPSA) is 174 Å². The molecule has 0 aliphatic carbocycles. The summed E-state index contributed by atoms with van der Waals surface area (Å²) < 4.78 is 34.9. The van der Waals surface area contributed by atoms with E-state index in [1.54, 1.807) is 41.5 Å². The largest absolute Gasteiger partial charge is 0.493 e. The van der Waals surface area contributed by atoms with Crippen molar-refractivity contribution in [1.82, 2.24) is 9.80 Å². The number of ether oxygens (including phenoxy) is 6. The molecule has 4 aliphatic heterocycles. The minimum atomic E-state index is -1.41. The molecule has 326 valence electrons. The number of methoxy groups -OCH3 is 2. The lowest BCUT2D eigenvalue weighted by Gasteiger charge is -2.33. The SMILES string of the molecule is C=C1C[C@H]2[C@H](O)N(C(=O)OC(C)(C)C)c3cc(OCCCCCOc4cc5c(cc4OC)C(=O)N4CC(C)(C)C[C@H]4C(=O)N5C(=O)OC(C)(C)C)c(OC)cc3C(=O)N2C1. The van der Waals surface area contributed by atoms with Crippen molar-refractivity contribution in [2.75, 3.05) is 50.3 Å². The molecule has 2 saturated heterocycles. The van der Waals surface area contributed by atoms with E-state index in [-0.39, 0.29) is 82.5 Å². The van der Waals surface area contributed by atoms with Gasteiger partial charge in [-0.15, -0.1) is 0 Å². The summed E-state index contributed by atoms with van der Waals surface area (Å²) in [4.78, 5) is 74.2. The number of rotatable bonds is 10. The van der Waals surface area contributed by atoms with Crippen molar-refractivity contribution < 1.29 is 57.5 Å². The third-order valence-corrected chi connectivity index (χ3v) is 10.6. The van der Waals surface area contributed by atoms with Crippen molar-refractivity contribution in [1.29, 1.82) is 0 Å². The monoisotopic (exact) mass is 834 g/mol. The maximum absolute atomic E-state index is 14.1. The molecule has 0 radical (unpaired) electrons. The highest BCUT2D eigenvalue weighted by Gasteiger charge is 2.51. The van der Waals surface area contributed by atoms with Crippen LogP contribution in [0.25, 0.3) is 0 Å². The van der Waals surface area contributed by atoms with Crippen molar-refractivity contribution in [2.45, 2.75) is 117 Å². The van der Waals surface area contributed by atoms with Crippen LogP contribution in [-0.4, -0.2) is 115 Å². The van der Waals surface area contributed by atoms with E-state index in [1.165, 1.54) is 48.3 Å². The number of anilines is 2. The summed E-state index contributed by atoms with van der Waals surface area (Å²) in [5.74, 6) is -0.255. The zero-order valence-electron chi connectivity index (χ0n) is 36.3. The predicted molar refractivity (Wildman–Crippen MR) is 221 cm³/mol. The maximum Gasteiger partial charge on any atom is 0.421 e. The van der Waals surface area contributed by atoms with Gasteiger partial charge in [-0.2, -0.15) is 0 Å². The summed E-state index contributed by atoms with van der Waals surface area (Å²) in [6.45, 7) is 19.3.